The summed E-state index contributed by atoms with van der Waals surface area (Å²) in [6, 6.07) is 16.7. The first-order valence-electron chi connectivity index (χ1n) is 7.17. The highest BCUT2D eigenvalue weighted by molar-refractivity contribution is 5.71. The van der Waals surface area contributed by atoms with Crippen molar-refractivity contribution in [2.24, 2.45) is 0 Å². The van der Waals surface area contributed by atoms with Crippen LogP contribution in [0.25, 0.3) is 11.1 Å². The Kier molecular flexibility index (Phi) is 3.42. The van der Waals surface area contributed by atoms with Crippen molar-refractivity contribution in [3.63, 3.8) is 0 Å². The molecule has 2 unspecified atom stereocenters. The van der Waals surface area contributed by atoms with E-state index < -0.39 is 0 Å². The molecule has 2 aromatic rings. The van der Waals surface area contributed by atoms with E-state index in [1.54, 1.807) is 11.9 Å². The smallest absolute Gasteiger partial charge is 0.410 e. The van der Waals surface area contributed by atoms with Crippen molar-refractivity contribution in [2.45, 2.75) is 26.0 Å². The van der Waals surface area contributed by atoms with E-state index in [0.717, 1.165) is 5.56 Å². The number of likely N-dealkylation sites (N-methyl/N-ethyl adjacent to an activating group) is 1. The average molecular weight is 281 g/mol. The fourth-order valence-corrected chi connectivity index (χ4v) is 2.99. The molecule has 2 aromatic carbocycles. The Labute approximate surface area is 125 Å². The Hall–Kier alpha value is -2.29. The molecule has 0 N–H and O–H groups in total. The molecule has 108 valence electrons. The number of amides is 1. The number of aryl methyl sites for hydroxylation is 1. The van der Waals surface area contributed by atoms with E-state index in [-0.39, 0.29) is 18.2 Å². The number of rotatable bonds is 2. The fraction of sp³-hybridized carbons (Fsp3) is 0.278. The van der Waals surface area contributed by atoms with Gasteiger partial charge in [-0.15, -0.1) is 0 Å². The lowest BCUT2D eigenvalue weighted by Gasteiger charge is -2.20. The molecule has 1 saturated heterocycles. The molecule has 1 aliphatic heterocycles. The number of hydrogen-bond donors (Lipinski definition) is 0. The maximum Gasteiger partial charge on any atom is 0.410 e. The molecule has 0 saturated carbocycles. The lowest BCUT2D eigenvalue weighted by atomic mass is 9.96. The Morgan fingerprint density at radius 2 is 1.71 bits per heavy atom. The maximum atomic E-state index is 11.6. The molecule has 1 aliphatic rings. The second-order valence-electron chi connectivity index (χ2n) is 5.58. The first kappa shape index (κ1) is 13.7. The van der Waals surface area contributed by atoms with Gasteiger partial charge >= 0.3 is 6.09 Å². The van der Waals surface area contributed by atoms with E-state index >= 15 is 0 Å². The van der Waals surface area contributed by atoms with Crippen molar-refractivity contribution in [1.29, 1.82) is 0 Å². The van der Waals surface area contributed by atoms with E-state index in [4.69, 9.17) is 4.74 Å². The minimum atomic E-state index is -0.254. The molecular formula is C18H19NO2. The average Bonchev–Trinajstić information content (AvgIpc) is 2.73. The zero-order valence-electron chi connectivity index (χ0n) is 12.5. The van der Waals surface area contributed by atoms with Crippen LogP contribution in [0.15, 0.2) is 48.5 Å². The SMILES string of the molecule is Cc1ccccc1-c1ccc(C2C(C)OC(=O)N2C)cc1. The van der Waals surface area contributed by atoms with E-state index in [9.17, 15) is 4.79 Å². The predicted octanol–water partition coefficient (Wildman–Crippen LogP) is 4.17. The van der Waals surface area contributed by atoms with Crippen LogP contribution in [0.1, 0.15) is 24.1 Å². The molecule has 3 heteroatoms. The first-order valence-corrected chi connectivity index (χ1v) is 7.17. The topological polar surface area (TPSA) is 29.5 Å². The third kappa shape index (κ3) is 2.40. The third-order valence-electron chi connectivity index (χ3n) is 4.14. The van der Waals surface area contributed by atoms with Crippen LogP contribution in [-0.2, 0) is 4.74 Å². The van der Waals surface area contributed by atoms with Gasteiger partial charge in [0.05, 0.1) is 6.04 Å². The molecule has 21 heavy (non-hydrogen) atoms. The summed E-state index contributed by atoms with van der Waals surface area (Å²) >= 11 is 0. The molecule has 1 amide bonds. The maximum absolute atomic E-state index is 11.6. The number of benzene rings is 2. The molecule has 0 radical (unpaired) electrons. The van der Waals surface area contributed by atoms with Gasteiger partial charge in [-0.05, 0) is 36.1 Å². The van der Waals surface area contributed by atoms with Crippen LogP contribution in [0.5, 0.6) is 0 Å². The monoisotopic (exact) mass is 281 g/mol. The molecule has 3 rings (SSSR count). The second kappa shape index (κ2) is 5.24. The van der Waals surface area contributed by atoms with Crippen LogP contribution in [0.4, 0.5) is 4.79 Å². The van der Waals surface area contributed by atoms with Gasteiger partial charge in [0, 0.05) is 7.05 Å². The highest BCUT2D eigenvalue weighted by atomic mass is 16.6. The molecule has 0 spiro atoms. The summed E-state index contributed by atoms with van der Waals surface area (Å²) in [6.07, 6.45) is -0.373. The number of ether oxygens (including phenoxy) is 1. The minimum absolute atomic E-state index is 0.0107. The third-order valence-corrected chi connectivity index (χ3v) is 4.14. The molecule has 0 aromatic heterocycles. The van der Waals surface area contributed by atoms with Gasteiger partial charge < -0.3 is 9.64 Å². The normalized spacial score (nSPS) is 21.5. The summed E-state index contributed by atoms with van der Waals surface area (Å²) in [4.78, 5) is 13.3. The Bertz CT molecular complexity index is 663. The number of carbonyl (C=O) groups excluding carboxylic acids is 1. The van der Waals surface area contributed by atoms with Gasteiger partial charge in [-0.2, -0.15) is 0 Å². The molecular weight excluding hydrogens is 262 g/mol. The van der Waals surface area contributed by atoms with Crippen LogP contribution in [-0.4, -0.2) is 24.1 Å². The van der Waals surface area contributed by atoms with Gasteiger partial charge in [0.1, 0.15) is 6.10 Å². The minimum Gasteiger partial charge on any atom is -0.444 e. The van der Waals surface area contributed by atoms with Gasteiger partial charge in [0.25, 0.3) is 0 Å². The number of cyclic esters (lactones) is 1. The van der Waals surface area contributed by atoms with Crippen molar-refractivity contribution in [2.75, 3.05) is 7.05 Å². The molecule has 0 aliphatic carbocycles. The number of nitrogens with zero attached hydrogens (tertiary/aromatic N) is 1. The van der Waals surface area contributed by atoms with Crippen molar-refractivity contribution < 1.29 is 9.53 Å². The largest absolute Gasteiger partial charge is 0.444 e. The van der Waals surface area contributed by atoms with Crippen molar-refractivity contribution in [3.05, 3.63) is 59.7 Å². The van der Waals surface area contributed by atoms with Crippen molar-refractivity contribution in [1.82, 2.24) is 4.90 Å². The fourth-order valence-electron chi connectivity index (χ4n) is 2.99. The van der Waals surface area contributed by atoms with Crippen LogP contribution in [0.2, 0.25) is 0 Å². The number of hydrogen-bond acceptors (Lipinski definition) is 2. The summed E-state index contributed by atoms with van der Waals surface area (Å²) in [5, 5.41) is 0. The van der Waals surface area contributed by atoms with E-state index in [1.807, 2.05) is 13.0 Å². The van der Waals surface area contributed by atoms with Crippen molar-refractivity contribution in [3.8, 4) is 11.1 Å². The van der Waals surface area contributed by atoms with E-state index in [1.165, 1.54) is 16.7 Å². The van der Waals surface area contributed by atoms with Crippen LogP contribution >= 0.6 is 0 Å². The standard InChI is InChI=1S/C18H19NO2/c1-12-6-4-5-7-16(12)14-8-10-15(11-9-14)17-13(2)21-18(20)19(17)3/h4-11,13,17H,1-3H3. The Balaban J connectivity index is 1.92. The molecule has 3 nitrogen and oxygen atoms in total. The summed E-state index contributed by atoms with van der Waals surface area (Å²) in [6.45, 7) is 4.05. The Morgan fingerprint density at radius 3 is 2.29 bits per heavy atom. The quantitative estimate of drug-likeness (QED) is 0.826. The summed E-state index contributed by atoms with van der Waals surface area (Å²) in [7, 11) is 1.78. The molecule has 1 fully saturated rings. The molecule has 1 heterocycles. The zero-order valence-corrected chi connectivity index (χ0v) is 12.5. The van der Waals surface area contributed by atoms with E-state index in [0.29, 0.717) is 0 Å². The lowest BCUT2D eigenvalue weighted by molar-refractivity contribution is 0.138. The van der Waals surface area contributed by atoms with Crippen molar-refractivity contribution >= 4 is 6.09 Å². The Morgan fingerprint density at radius 1 is 1.05 bits per heavy atom. The van der Waals surface area contributed by atoms with E-state index in [2.05, 4.69) is 49.4 Å². The first-order chi connectivity index (χ1) is 10.1. The summed E-state index contributed by atoms with van der Waals surface area (Å²) in [5.74, 6) is 0. The predicted molar refractivity (Wildman–Crippen MR) is 83.1 cm³/mol. The molecule has 2 atom stereocenters. The number of carbonyl (C=O) groups is 1. The lowest BCUT2D eigenvalue weighted by Crippen LogP contribution is -2.24. The van der Waals surface area contributed by atoms with Crippen LogP contribution < -0.4 is 0 Å². The second-order valence-corrected chi connectivity index (χ2v) is 5.58. The zero-order chi connectivity index (χ0) is 15.0. The van der Waals surface area contributed by atoms with Gasteiger partial charge in [0.2, 0.25) is 0 Å². The summed E-state index contributed by atoms with van der Waals surface area (Å²) < 4.78 is 5.26. The van der Waals surface area contributed by atoms with Crippen LogP contribution in [0.3, 0.4) is 0 Å². The summed E-state index contributed by atoms with van der Waals surface area (Å²) in [5.41, 5.74) is 4.80. The highest BCUT2D eigenvalue weighted by Crippen LogP contribution is 2.33. The highest BCUT2D eigenvalue weighted by Gasteiger charge is 2.37. The van der Waals surface area contributed by atoms with Gasteiger partial charge in [0.15, 0.2) is 0 Å². The van der Waals surface area contributed by atoms with Gasteiger partial charge in [-0.3, -0.25) is 0 Å². The van der Waals surface area contributed by atoms with Crippen LogP contribution in [0, 0.1) is 6.92 Å². The molecule has 0 bridgehead atoms. The van der Waals surface area contributed by atoms with Gasteiger partial charge in [-0.1, -0.05) is 48.5 Å². The van der Waals surface area contributed by atoms with Gasteiger partial charge in [-0.25, -0.2) is 4.79 Å².